The number of benzene rings is 1. The average molecular weight is 195 g/mol. The molecule has 0 aliphatic heterocycles. The predicted octanol–water partition coefficient (Wildman–Crippen LogP) is 1.13. The normalized spacial score (nSPS) is 9.57. The Balaban J connectivity index is 2.94. The van der Waals surface area contributed by atoms with E-state index < -0.39 is 11.9 Å². The van der Waals surface area contributed by atoms with Gasteiger partial charge in [-0.3, -0.25) is 10.0 Å². The van der Waals surface area contributed by atoms with Crippen molar-refractivity contribution >= 4 is 17.6 Å². The molecule has 0 aromatic heterocycles. The molecule has 0 aliphatic carbocycles. The molecule has 0 heterocycles. The second-order valence-electron chi connectivity index (χ2n) is 2.68. The van der Waals surface area contributed by atoms with Crippen LogP contribution in [0.1, 0.15) is 17.3 Å². The van der Waals surface area contributed by atoms with Crippen LogP contribution in [0.5, 0.6) is 0 Å². The molecule has 1 aromatic carbocycles. The van der Waals surface area contributed by atoms with E-state index in [2.05, 4.69) is 0 Å². The second-order valence-corrected chi connectivity index (χ2v) is 2.68. The highest BCUT2D eigenvalue weighted by molar-refractivity contribution is 5.91. The van der Waals surface area contributed by atoms with Gasteiger partial charge in [-0.15, -0.1) is 0 Å². The molecule has 0 fully saturated rings. The van der Waals surface area contributed by atoms with E-state index in [0.717, 1.165) is 0 Å². The van der Waals surface area contributed by atoms with Gasteiger partial charge in [-0.1, -0.05) is 0 Å². The van der Waals surface area contributed by atoms with Crippen molar-refractivity contribution in [1.29, 1.82) is 0 Å². The quantitative estimate of drug-likeness (QED) is 0.547. The molecular weight excluding hydrogens is 186 g/mol. The standard InChI is InChI=1S/C9H9NO4/c1-6(11)10(14)8-4-2-7(3-5-8)9(12)13/h2-5,14H,1H3,(H,12,13). The fraction of sp³-hybridized carbons (Fsp3) is 0.111. The summed E-state index contributed by atoms with van der Waals surface area (Å²) in [6.45, 7) is 1.20. The van der Waals surface area contributed by atoms with Crippen molar-refractivity contribution in [1.82, 2.24) is 0 Å². The number of carboxylic acid groups (broad SMARTS) is 1. The lowest BCUT2D eigenvalue weighted by molar-refractivity contribution is -0.121. The van der Waals surface area contributed by atoms with Crippen molar-refractivity contribution in [2.75, 3.05) is 5.06 Å². The molecule has 0 radical (unpaired) electrons. The van der Waals surface area contributed by atoms with Gasteiger partial charge in [0.1, 0.15) is 0 Å². The lowest BCUT2D eigenvalue weighted by Crippen LogP contribution is -2.23. The van der Waals surface area contributed by atoms with E-state index >= 15 is 0 Å². The third-order valence-electron chi connectivity index (χ3n) is 1.66. The van der Waals surface area contributed by atoms with E-state index in [1.54, 1.807) is 0 Å². The molecule has 0 aliphatic rings. The van der Waals surface area contributed by atoms with Crippen LogP contribution >= 0.6 is 0 Å². The van der Waals surface area contributed by atoms with Crippen LogP contribution in [-0.2, 0) is 4.79 Å². The number of hydrogen-bond acceptors (Lipinski definition) is 3. The summed E-state index contributed by atoms with van der Waals surface area (Å²) in [6, 6.07) is 5.32. The molecular formula is C9H9NO4. The first-order valence-corrected chi connectivity index (χ1v) is 3.85. The summed E-state index contributed by atoms with van der Waals surface area (Å²) in [6.07, 6.45) is 0. The zero-order valence-electron chi connectivity index (χ0n) is 7.47. The van der Waals surface area contributed by atoms with Crippen LogP contribution in [0.15, 0.2) is 24.3 Å². The number of carboxylic acids is 1. The van der Waals surface area contributed by atoms with Gasteiger partial charge in [0.05, 0.1) is 11.3 Å². The maximum Gasteiger partial charge on any atom is 0.335 e. The smallest absolute Gasteiger partial charge is 0.335 e. The van der Waals surface area contributed by atoms with Crippen LogP contribution < -0.4 is 5.06 Å². The Labute approximate surface area is 80.2 Å². The molecule has 0 unspecified atom stereocenters. The van der Waals surface area contributed by atoms with Gasteiger partial charge in [0.2, 0.25) is 5.91 Å². The van der Waals surface area contributed by atoms with Crippen molar-refractivity contribution in [3.05, 3.63) is 29.8 Å². The van der Waals surface area contributed by atoms with E-state index in [1.807, 2.05) is 0 Å². The Morgan fingerprint density at radius 1 is 1.21 bits per heavy atom. The van der Waals surface area contributed by atoms with Crippen LogP contribution in [0.25, 0.3) is 0 Å². The lowest BCUT2D eigenvalue weighted by Gasteiger charge is -2.11. The minimum atomic E-state index is -1.05. The molecule has 0 spiro atoms. The molecule has 0 atom stereocenters. The molecule has 5 nitrogen and oxygen atoms in total. The number of rotatable bonds is 2. The minimum absolute atomic E-state index is 0.103. The van der Waals surface area contributed by atoms with E-state index in [4.69, 9.17) is 10.3 Å². The molecule has 0 saturated carbocycles. The van der Waals surface area contributed by atoms with E-state index in [0.29, 0.717) is 5.06 Å². The third-order valence-corrected chi connectivity index (χ3v) is 1.66. The van der Waals surface area contributed by atoms with Gasteiger partial charge in [-0.25, -0.2) is 4.79 Å². The van der Waals surface area contributed by atoms with Crippen molar-refractivity contribution in [2.45, 2.75) is 6.92 Å². The van der Waals surface area contributed by atoms with Gasteiger partial charge in [0.15, 0.2) is 0 Å². The third kappa shape index (κ3) is 2.08. The average Bonchev–Trinajstić information content (AvgIpc) is 2.16. The molecule has 1 aromatic rings. The predicted molar refractivity (Wildman–Crippen MR) is 48.3 cm³/mol. The van der Waals surface area contributed by atoms with Gasteiger partial charge < -0.3 is 5.11 Å². The maximum atomic E-state index is 10.7. The summed E-state index contributed by atoms with van der Waals surface area (Å²) in [5.74, 6) is -1.59. The van der Waals surface area contributed by atoms with E-state index in [-0.39, 0.29) is 11.3 Å². The van der Waals surface area contributed by atoms with Gasteiger partial charge >= 0.3 is 5.97 Å². The zero-order valence-corrected chi connectivity index (χ0v) is 7.47. The van der Waals surface area contributed by atoms with E-state index in [9.17, 15) is 9.59 Å². The Hall–Kier alpha value is -1.88. The largest absolute Gasteiger partial charge is 0.478 e. The summed E-state index contributed by atoms with van der Waals surface area (Å²) >= 11 is 0. The van der Waals surface area contributed by atoms with Crippen LogP contribution in [0.3, 0.4) is 0 Å². The second kappa shape index (κ2) is 3.89. The van der Waals surface area contributed by atoms with Crippen LogP contribution in [-0.4, -0.2) is 22.2 Å². The number of carbonyl (C=O) groups excluding carboxylic acids is 1. The number of hydroxylamine groups is 1. The molecule has 0 bridgehead atoms. The summed E-state index contributed by atoms with van der Waals surface area (Å²) in [5.41, 5.74) is 0.341. The van der Waals surface area contributed by atoms with Crippen molar-refractivity contribution in [2.24, 2.45) is 0 Å². The number of hydrogen-bond donors (Lipinski definition) is 2. The van der Waals surface area contributed by atoms with E-state index in [1.165, 1.54) is 31.2 Å². The highest BCUT2D eigenvalue weighted by Crippen LogP contribution is 2.13. The molecule has 0 saturated heterocycles. The molecule has 2 N–H and O–H groups in total. The molecule has 5 heteroatoms. The van der Waals surface area contributed by atoms with Crippen LogP contribution in [0, 0.1) is 0 Å². The number of nitrogens with zero attached hydrogens (tertiary/aromatic N) is 1. The number of aromatic carboxylic acids is 1. The van der Waals surface area contributed by atoms with Gasteiger partial charge in [0.25, 0.3) is 0 Å². The fourth-order valence-electron chi connectivity index (χ4n) is 0.927. The Morgan fingerprint density at radius 2 is 1.71 bits per heavy atom. The molecule has 74 valence electrons. The summed E-state index contributed by atoms with van der Waals surface area (Å²) in [7, 11) is 0. The SMILES string of the molecule is CC(=O)N(O)c1ccc(C(=O)O)cc1. The monoisotopic (exact) mass is 195 g/mol. The van der Waals surface area contributed by atoms with Crippen molar-refractivity contribution in [3.8, 4) is 0 Å². The first-order chi connectivity index (χ1) is 6.52. The highest BCUT2D eigenvalue weighted by Gasteiger charge is 2.08. The van der Waals surface area contributed by atoms with Crippen molar-refractivity contribution in [3.63, 3.8) is 0 Å². The van der Waals surface area contributed by atoms with Crippen LogP contribution in [0.2, 0.25) is 0 Å². The number of carbonyl (C=O) groups is 2. The minimum Gasteiger partial charge on any atom is -0.478 e. The zero-order chi connectivity index (χ0) is 10.7. The molecule has 1 rings (SSSR count). The topological polar surface area (TPSA) is 77.8 Å². The first-order valence-electron chi connectivity index (χ1n) is 3.85. The van der Waals surface area contributed by atoms with Gasteiger partial charge in [-0.2, -0.15) is 5.06 Å². The van der Waals surface area contributed by atoms with Crippen molar-refractivity contribution < 1.29 is 19.9 Å². The van der Waals surface area contributed by atoms with Crippen LogP contribution in [0.4, 0.5) is 5.69 Å². The Bertz CT molecular complexity index is 358. The molecule has 1 amide bonds. The van der Waals surface area contributed by atoms with Gasteiger partial charge in [-0.05, 0) is 24.3 Å². The Morgan fingerprint density at radius 3 is 2.07 bits per heavy atom. The highest BCUT2D eigenvalue weighted by atomic mass is 16.5. The summed E-state index contributed by atoms with van der Waals surface area (Å²) in [4.78, 5) is 21.2. The number of amides is 1. The first kappa shape index (κ1) is 10.2. The lowest BCUT2D eigenvalue weighted by atomic mass is 10.2. The Kier molecular flexibility index (Phi) is 2.83. The maximum absolute atomic E-state index is 10.7. The fourth-order valence-corrected chi connectivity index (χ4v) is 0.927. The molecule has 14 heavy (non-hydrogen) atoms. The number of anilines is 1. The summed E-state index contributed by atoms with van der Waals surface area (Å²) < 4.78 is 0. The summed E-state index contributed by atoms with van der Waals surface area (Å²) in [5, 5.41) is 18.2. The van der Waals surface area contributed by atoms with Gasteiger partial charge in [0, 0.05) is 6.92 Å².